The summed E-state index contributed by atoms with van der Waals surface area (Å²) in [5.74, 6) is 2.46. The first-order valence-corrected chi connectivity index (χ1v) is 7.40. The standard InChI is InChI=1S/C14H30N4.HI/c1-5-15-14(16-6-2)17-9-13-7-8-18(11-13)10-12(3)4;/h12-13H,5-11H2,1-4H3,(H2,15,16,17);1H. The van der Waals surface area contributed by atoms with E-state index in [-0.39, 0.29) is 24.0 Å². The highest BCUT2D eigenvalue weighted by Gasteiger charge is 2.22. The third-order valence-corrected chi connectivity index (χ3v) is 3.19. The fraction of sp³-hybridized carbons (Fsp3) is 0.929. The highest BCUT2D eigenvalue weighted by atomic mass is 127. The van der Waals surface area contributed by atoms with E-state index >= 15 is 0 Å². The normalized spacial score (nSPS) is 19.1. The van der Waals surface area contributed by atoms with E-state index in [1.165, 1.54) is 26.1 Å². The molecule has 0 amide bonds. The van der Waals surface area contributed by atoms with Crippen molar-refractivity contribution >= 4 is 29.9 Å². The molecule has 0 aliphatic carbocycles. The van der Waals surface area contributed by atoms with Crippen molar-refractivity contribution in [1.82, 2.24) is 15.5 Å². The van der Waals surface area contributed by atoms with E-state index in [1.807, 2.05) is 0 Å². The summed E-state index contributed by atoms with van der Waals surface area (Å²) in [5, 5.41) is 6.55. The second kappa shape index (κ2) is 10.7. The van der Waals surface area contributed by atoms with Crippen LogP contribution in [0.25, 0.3) is 0 Å². The van der Waals surface area contributed by atoms with E-state index in [0.717, 1.165) is 37.4 Å². The van der Waals surface area contributed by atoms with Gasteiger partial charge in [0.05, 0.1) is 0 Å². The van der Waals surface area contributed by atoms with Crippen LogP contribution in [-0.4, -0.2) is 50.1 Å². The van der Waals surface area contributed by atoms with Gasteiger partial charge in [-0.15, -0.1) is 24.0 Å². The summed E-state index contributed by atoms with van der Waals surface area (Å²) in [5.41, 5.74) is 0. The topological polar surface area (TPSA) is 39.7 Å². The van der Waals surface area contributed by atoms with E-state index in [1.54, 1.807) is 0 Å². The molecular weight excluding hydrogens is 351 g/mol. The van der Waals surface area contributed by atoms with Gasteiger partial charge in [0.1, 0.15) is 0 Å². The van der Waals surface area contributed by atoms with Crippen LogP contribution >= 0.6 is 24.0 Å². The first-order chi connectivity index (χ1) is 8.65. The average Bonchev–Trinajstić information content (AvgIpc) is 2.73. The van der Waals surface area contributed by atoms with Gasteiger partial charge in [-0.25, -0.2) is 0 Å². The van der Waals surface area contributed by atoms with Gasteiger partial charge in [0.15, 0.2) is 5.96 Å². The van der Waals surface area contributed by atoms with Crippen molar-refractivity contribution in [2.75, 3.05) is 39.3 Å². The lowest BCUT2D eigenvalue weighted by Gasteiger charge is -2.18. The molecule has 0 aromatic carbocycles. The molecule has 1 fully saturated rings. The molecule has 1 aliphatic heterocycles. The zero-order chi connectivity index (χ0) is 13.4. The molecule has 1 aliphatic rings. The Morgan fingerprint density at radius 3 is 2.42 bits per heavy atom. The summed E-state index contributed by atoms with van der Waals surface area (Å²) in [6, 6.07) is 0. The second-order valence-corrected chi connectivity index (χ2v) is 5.56. The van der Waals surface area contributed by atoms with Gasteiger partial charge < -0.3 is 15.5 Å². The summed E-state index contributed by atoms with van der Waals surface area (Å²) in [7, 11) is 0. The summed E-state index contributed by atoms with van der Waals surface area (Å²) < 4.78 is 0. The summed E-state index contributed by atoms with van der Waals surface area (Å²) in [4.78, 5) is 7.24. The fourth-order valence-electron chi connectivity index (χ4n) is 2.47. The molecule has 0 saturated carbocycles. The Morgan fingerprint density at radius 1 is 1.26 bits per heavy atom. The van der Waals surface area contributed by atoms with E-state index < -0.39 is 0 Å². The second-order valence-electron chi connectivity index (χ2n) is 5.56. The average molecular weight is 382 g/mol. The van der Waals surface area contributed by atoms with Gasteiger partial charge >= 0.3 is 0 Å². The molecule has 0 aromatic rings. The molecule has 5 heteroatoms. The van der Waals surface area contributed by atoms with Crippen LogP contribution in [0.5, 0.6) is 0 Å². The van der Waals surface area contributed by atoms with Crippen LogP contribution < -0.4 is 10.6 Å². The van der Waals surface area contributed by atoms with Crippen molar-refractivity contribution in [2.24, 2.45) is 16.8 Å². The maximum atomic E-state index is 4.67. The van der Waals surface area contributed by atoms with Gasteiger partial charge in [-0.1, -0.05) is 13.8 Å². The first-order valence-electron chi connectivity index (χ1n) is 7.40. The van der Waals surface area contributed by atoms with Gasteiger partial charge in [0.25, 0.3) is 0 Å². The fourth-order valence-corrected chi connectivity index (χ4v) is 2.47. The number of hydrogen-bond acceptors (Lipinski definition) is 2. The van der Waals surface area contributed by atoms with Gasteiger partial charge in [-0.2, -0.15) is 0 Å². The van der Waals surface area contributed by atoms with Crippen molar-refractivity contribution in [2.45, 2.75) is 34.1 Å². The summed E-state index contributed by atoms with van der Waals surface area (Å²) in [6.07, 6.45) is 1.29. The first kappa shape index (κ1) is 19.0. The van der Waals surface area contributed by atoms with Gasteiger partial charge in [-0.3, -0.25) is 4.99 Å². The molecular formula is C14H31IN4. The lowest BCUT2D eigenvalue weighted by molar-refractivity contribution is 0.288. The van der Waals surface area contributed by atoms with Crippen LogP contribution in [0.4, 0.5) is 0 Å². The number of likely N-dealkylation sites (tertiary alicyclic amines) is 1. The minimum atomic E-state index is 0. The molecule has 1 unspecified atom stereocenters. The number of rotatable bonds is 6. The molecule has 0 radical (unpaired) electrons. The number of nitrogens with one attached hydrogen (secondary N) is 2. The van der Waals surface area contributed by atoms with Gasteiger partial charge in [-0.05, 0) is 38.6 Å². The Bertz CT molecular complexity index is 248. The highest BCUT2D eigenvalue weighted by molar-refractivity contribution is 14.0. The number of halogens is 1. The monoisotopic (exact) mass is 382 g/mol. The van der Waals surface area contributed by atoms with E-state index in [2.05, 4.69) is 48.2 Å². The Hall–Kier alpha value is -0.0400. The van der Waals surface area contributed by atoms with Gasteiger partial charge in [0.2, 0.25) is 0 Å². The van der Waals surface area contributed by atoms with E-state index in [0.29, 0.717) is 0 Å². The Balaban J connectivity index is 0.00000324. The summed E-state index contributed by atoms with van der Waals surface area (Å²) in [6.45, 7) is 15.3. The van der Waals surface area contributed by atoms with Crippen LogP contribution in [0, 0.1) is 11.8 Å². The lowest BCUT2D eigenvalue weighted by atomic mass is 10.1. The molecule has 0 bridgehead atoms. The van der Waals surface area contributed by atoms with Crippen molar-refractivity contribution in [3.63, 3.8) is 0 Å². The van der Waals surface area contributed by atoms with E-state index in [4.69, 9.17) is 0 Å². The van der Waals surface area contributed by atoms with Crippen LogP contribution in [0.2, 0.25) is 0 Å². The predicted octanol–water partition coefficient (Wildman–Crippen LogP) is 2.16. The van der Waals surface area contributed by atoms with Crippen LogP contribution in [-0.2, 0) is 0 Å². The largest absolute Gasteiger partial charge is 0.357 e. The minimum Gasteiger partial charge on any atom is -0.357 e. The van der Waals surface area contributed by atoms with Crippen LogP contribution in [0.15, 0.2) is 4.99 Å². The molecule has 2 N–H and O–H groups in total. The molecule has 0 aromatic heterocycles. The lowest BCUT2D eigenvalue weighted by Crippen LogP contribution is -2.37. The molecule has 1 rings (SSSR count). The van der Waals surface area contributed by atoms with Crippen molar-refractivity contribution in [1.29, 1.82) is 0 Å². The number of nitrogens with zero attached hydrogens (tertiary/aromatic N) is 2. The smallest absolute Gasteiger partial charge is 0.191 e. The quantitative estimate of drug-likeness (QED) is 0.420. The SMILES string of the molecule is CCNC(=NCC1CCN(CC(C)C)C1)NCC.I. The molecule has 0 spiro atoms. The predicted molar refractivity (Wildman–Crippen MR) is 94.5 cm³/mol. The van der Waals surface area contributed by atoms with Crippen LogP contribution in [0.1, 0.15) is 34.1 Å². The maximum Gasteiger partial charge on any atom is 0.191 e. The molecule has 4 nitrogen and oxygen atoms in total. The molecule has 19 heavy (non-hydrogen) atoms. The zero-order valence-corrected chi connectivity index (χ0v) is 15.2. The van der Waals surface area contributed by atoms with Gasteiger partial charge in [0, 0.05) is 32.7 Å². The zero-order valence-electron chi connectivity index (χ0n) is 12.9. The molecule has 1 saturated heterocycles. The van der Waals surface area contributed by atoms with E-state index in [9.17, 15) is 0 Å². The van der Waals surface area contributed by atoms with Crippen molar-refractivity contribution in [3.05, 3.63) is 0 Å². The molecule has 114 valence electrons. The van der Waals surface area contributed by atoms with Crippen molar-refractivity contribution < 1.29 is 0 Å². The summed E-state index contributed by atoms with van der Waals surface area (Å²) >= 11 is 0. The number of hydrogen-bond donors (Lipinski definition) is 2. The molecule has 1 atom stereocenters. The maximum absolute atomic E-state index is 4.67. The Morgan fingerprint density at radius 2 is 1.89 bits per heavy atom. The van der Waals surface area contributed by atoms with Crippen LogP contribution in [0.3, 0.4) is 0 Å². The molecule has 1 heterocycles. The third kappa shape index (κ3) is 7.97. The highest BCUT2D eigenvalue weighted by Crippen LogP contribution is 2.17. The minimum absolute atomic E-state index is 0. The Kier molecular flexibility index (Phi) is 10.7. The Labute approximate surface area is 135 Å². The van der Waals surface area contributed by atoms with Crippen molar-refractivity contribution in [3.8, 4) is 0 Å². The number of guanidine groups is 1. The third-order valence-electron chi connectivity index (χ3n) is 3.19. The number of aliphatic imine (C=N–C) groups is 1.